The minimum atomic E-state index is 0. The van der Waals surface area contributed by atoms with Crippen molar-refractivity contribution in [2.75, 3.05) is 19.5 Å². The molecule has 0 amide bonds. The van der Waals surface area contributed by atoms with Gasteiger partial charge in [0.2, 0.25) is 0 Å². The van der Waals surface area contributed by atoms with Crippen LogP contribution in [-0.2, 0) is 0 Å². The van der Waals surface area contributed by atoms with E-state index in [1.165, 1.54) is 4.88 Å². The maximum Gasteiger partial charge on any atom is 0.142 e. The molecule has 116 valence electrons. The molecule has 22 heavy (non-hydrogen) atoms. The van der Waals surface area contributed by atoms with Crippen LogP contribution >= 0.6 is 23.7 Å². The van der Waals surface area contributed by atoms with Gasteiger partial charge in [0.15, 0.2) is 0 Å². The van der Waals surface area contributed by atoms with E-state index in [1.54, 1.807) is 31.9 Å². The molecule has 0 unspecified atom stereocenters. The van der Waals surface area contributed by atoms with Gasteiger partial charge in [0.25, 0.3) is 0 Å². The molecule has 1 N–H and O–H groups in total. The summed E-state index contributed by atoms with van der Waals surface area (Å²) in [6, 6.07) is 7.67. The fraction of sp³-hybridized carbons (Fsp3) is 0.200. The number of anilines is 2. The number of nitrogens with zero attached hydrogens (tertiary/aromatic N) is 2. The molecule has 0 saturated carbocycles. The summed E-state index contributed by atoms with van der Waals surface area (Å²) in [4.78, 5) is 10.8. The molecule has 1 aromatic carbocycles. The first-order chi connectivity index (χ1) is 10.2. The second-order valence-electron chi connectivity index (χ2n) is 4.49. The molecule has 0 fully saturated rings. The Kier molecular flexibility index (Phi) is 5.05. The molecule has 2 aromatic heterocycles. The second-order valence-corrected chi connectivity index (χ2v) is 5.72. The molecule has 0 atom stereocenters. The van der Waals surface area contributed by atoms with E-state index in [9.17, 15) is 0 Å². The Morgan fingerprint density at radius 1 is 1.09 bits per heavy atom. The lowest BCUT2D eigenvalue weighted by Gasteiger charge is -2.12. The number of halogens is 1. The first-order valence-electron chi connectivity index (χ1n) is 6.41. The molecule has 0 radical (unpaired) electrons. The van der Waals surface area contributed by atoms with E-state index >= 15 is 0 Å². The molecular formula is C15H16ClN3O2S. The van der Waals surface area contributed by atoms with Gasteiger partial charge in [-0.05, 0) is 25.1 Å². The molecule has 0 bridgehead atoms. The van der Waals surface area contributed by atoms with Crippen LogP contribution in [0.1, 0.15) is 4.88 Å². The molecular weight excluding hydrogens is 322 g/mol. The Morgan fingerprint density at radius 3 is 2.64 bits per heavy atom. The lowest BCUT2D eigenvalue weighted by molar-refractivity contribution is 0.405. The number of aromatic nitrogens is 2. The minimum absolute atomic E-state index is 0. The zero-order valence-corrected chi connectivity index (χ0v) is 14.0. The molecule has 3 rings (SSSR count). The number of hydrogen-bond donors (Lipinski definition) is 1. The van der Waals surface area contributed by atoms with Crippen molar-refractivity contribution in [2.45, 2.75) is 6.92 Å². The van der Waals surface area contributed by atoms with Gasteiger partial charge in [-0.3, -0.25) is 0 Å². The number of rotatable bonds is 4. The van der Waals surface area contributed by atoms with Crippen LogP contribution in [-0.4, -0.2) is 24.2 Å². The van der Waals surface area contributed by atoms with Crippen LogP contribution in [0.3, 0.4) is 0 Å². The fourth-order valence-electron chi connectivity index (χ4n) is 2.11. The first kappa shape index (κ1) is 16.3. The van der Waals surface area contributed by atoms with Crippen molar-refractivity contribution in [1.29, 1.82) is 0 Å². The lowest BCUT2D eigenvalue weighted by Crippen LogP contribution is -1.98. The van der Waals surface area contributed by atoms with Gasteiger partial charge in [-0.2, -0.15) is 0 Å². The van der Waals surface area contributed by atoms with Gasteiger partial charge in [0.1, 0.15) is 28.5 Å². The summed E-state index contributed by atoms with van der Waals surface area (Å²) in [7, 11) is 3.27. The first-order valence-corrected chi connectivity index (χ1v) is 7.23. The Hall–Kier alpha value is -2.05. The van der Waals surface area contributed by atoms with Crippen molar-refractivity contribution >= 4 is 45.5 Å². The second kappa shape index (κ2) is 6.81. The Bertz CT molecular complexity index is 792. The summed E-state index contributed by atoms with van der Waals surface area (Å²) >= 11 is 1.65. The fourth-order valence-corrected chi connectivity index (χ4v) is 2.96. The molecule has 7 heteroatoms. The summed E-state index contributed by atoms with van der Waals surface area (Å²) in [5, 5.41) is 4.31. The SMILES string of the molecule is COc1ccc(OC)c(Nc2ncnc3sc(C)cc23)c1.Cl. The highest BCUT2D eigenvalue weighted by Gasteiger charge is 2.10. The number of hydrogen-bond acceptors (Lipinski definition) is 6. The number of nitrogens with one attached hydrogen (secondary N) is 1. The van der Waals surface area contributed by atoms with E-state index in [0.717, 1.165) is 33.2 Å². The average Bonchev–Trinajstić information content (AvgIpc) is 2.88. The molecule has 0 aliphatic heterocycles. The topological polar surface area (TPSA) is 56.3 Å². The summed E-state index contributed by atoms with van der Waals surface area (Å²) < 4.78 is 10.6. The summed E-state index contributed by atoms with van der Waals surface area (Å²) in [6.45, 7) is 2.06. The van der Waals surface area contributed by atoms with Crippen LogP contribution in [0.2, 0.25) is 0 Å². The monoisotopic (exact) mass is 337 g/mol. The minimum Gasteiger partial charge on any atom is -0.497 e. The average molecular weight is 338 g/mol. The van der Waals surface area contributed by atoms with Crippen molar-refractivity contribution in [3.63, 3.8) is 0 Å². The largest absolute Gasteiger partial charge is 0.497 e. The molecule has 3 aromatic rings. The van der Waals surface area contributed by atoms with Crippen molar-refractivity contribution in [3.8, 4) is 11.5 Å². The van der Waals surface area contributed by atoms with Gasteiger partial charge in [0, 0.05) is 10.9 Å². The molecule has 0 aliphatic rings. The number of ether oxygens (including phenoxy) is 2. The van der Waals surface area contributed by atoms with E-state index in [0.29, 0.717) is 0 Å². The van der Waals surface area contributed by atoms with Crippen molar-refractivity contribution in [1.82, 2.24) is 9.97 Å². The maximum absolute atomic E-state index is 5.38. The normalized spacial score (nSPS) is 10.1. The summed E-state index contributed by atoms with van der Waals surface area (Å²) in [5.41, 5.74) is 0.806. The van der Waals surface area contributed by atoms with Crippen LogP contribution < -0.4 is 14.8 Å². The standard InChI is InChI=1S/C15H15N3O2S.ClH/c1-9-6-11-14(16-8-17-15(11)21-9)18-12-7-10(19-2)4-5-13(12)20-3;/h4-8H,1-3H3,(H,16,17,18);1H. The third-order valence-electron chi connectivity index (χ3n) is 3.11. The van der Waals surface area contributed by atoms with E-state index in [2.05, 4.69) is 28.3 Å². The Balaban J connectivity index is 0.00000176. The Labute approximate surface area is 138 Å². The lowest BCUT2D eigenvalue weighted by atomic mass is 10.2. The van der Waals surface area contributed by atoms with Crippen LogP contribution in [0.25, 0.3) is 10.2 Å². The highest BCUT2D eigenvalue weighted by molar-refractivity contribution is 7.18. The number of methoxy groups -OCH3 is 2. The molecule has 0 spiro atoms. The number of thiophene rings is 1. The highest BCUT2D eigenvalue weighted by atomic mass is 35.5. The molecule has 5 nitrogen and oxygen atoms in total. The number of aryl methyl sites for hydroxylation is 1. The van der Waals surface area contributed by atoms with E-state index in [-0.39, 0.29) is 12.4 Å². The quantitative estimate of drug-likeness (QED) is 0.773. The summed E-state index contributed by atoms with van der Waals surface area (Å²) in [6.07, 6.45) is 1.56. The maximum atomic E-state index is 5.38. The van der Waals surface area contributed by atoms with Crippen LogP contribution in [0.5, 0.6) is 11.5 Å². The van der Waals surface area contributed by atoms with Crippen molar-refractivity contribution < 1.29 is 9.47 Å². The third-order valence-corrected chi connectivity index (χ3v) is 4.07. The van der Waals surface area contributed by atoms with E-state index < -0.39 is 0 Å². The molecule has 0 saturated heterocycles. The zero-order valence-electron chi connectivity index (χ0n) is 12.4. The van der Waals surface area contributed by atoms with Gasteiger partial charge in [-0.25, -0.2) is 9.97 Å². The molecule has 0 aliphatic carbocycles. The van der Waals surface area contributed by atoms with Crippen LogP contribution in [0.15, 0.2) is 30.6 Å². The zero-order chi connectivity index (χ0) is 14.8. The predicted molar refractivity (Wildman–Crippen MR) is 92.2 cm³/mol. The molecule has 2 heterocycles. The number of fused-ring (bicyclic) bond motifs is 1. The van der Waals surface area contributed by atoms with Gasteiger partial charge >= 0.3 is 0 Å². The predicted octanol–water partition coefficient (Wildman–Crippen LogP) is 4.18. The number of benzene rings is 1. The van der Waals surface area contributed by atoms with Crippen LogP contribution in [0, 0.1) is 6.92 Å². The summed E-state index contributed by atoms with van der Waals surface area (Å²) in [5.74, 6) is 2.25. The third kappa shape index (κ3) is 3.08. The van der Waals surface area contributed by atoms with Gasteiger partial charge in [-0.1, -0.05) is 0 Å². The van der Waals surface area contributed by atoms with Crippen molar-refractivity contribution in [3.05, 3.63) is 35.5 Å². The Morgan fingerprint density at radius 2 is 1.91 bits per heavy atom. The smallest absolute Gasteiger partial charge is 0.142 e. The van der Waals surface area contributed by atoms with E-state index in [4.69, 9.17) is 9.47 Å². The van der Waals surface area contributed by atoms with E-state index in [1.807, 2.05) is 18.2 Å². The van der Waals surface area contributed by atoms with Gasteiger partial charge in [0.05, 0.1) is 25.3 Å². The van der Waals surface area contributed by atoms with Gasteiger partial charge in [-0.15, -0.1) is 23.7 Å². The van der Waals surface area contributed by atoms with Gasteiger partial charge < -0.3 is 14.8 Å². The van der Waals surface area contributed by atoms with Crippen molar-refractivity contribution in [2.24, 2.45) is 0 Å². The highest BCUT2D eigenvalue weighted by Crippen LogP contribution is 2.34. The van der Waals surface area contributed by atoms with Crippen LogP contribution in [0.4, 0.5) is 11.5 Å².